The van der Waals surface area contributed by atoms with Crippen LogP contribution in [0, 0.1) is 11.3 Å². The number of hydrogen-bond acceptors (Lipinski definition) is 4. The molecule has 0 aromatic heterocycles. The Morgan fingerprint density at radius 2 is 1.33 bits per heavy atom. The molecule has 0 radical (unpaired) electrons. The first-order chi connectivity index (χ1) is 20.4. The van der Waals surface area contributed by atoms with Gasteiger partial charge in [-0.2, -0.15) is 18.4 Å². The molecule has 6 aromatic carbocycles. The monoisotopic (exact) mass is 615 g/mol. The molecule has 0 aliphatic heterocycles. The van der Waals surface area contributed by atoms with Gasteiger partial charge in [0.05, 0.1) is 11.6 Å². The van der Waals surface area contributed by atoms with Gasteiger partial charge in [-0.05, 0) is 79.8 Å². The summed E-state index contributed by atoms with van der Waals surface area (Å²) >= 11 is 0. The molecule has 1 unspecified atom stereocenters. The number of halogens is 3. The fourth-order valence-electron chi connectivity index (χ4n) is 4.95. The van der Waals surface area contributed by atoms with E-state index < -0.39 is 15.6 Å². The zero-order chi connectivity index (χ0) is 30.8. The lowest BCUT2D eigenvalue weighted by molar-refractivity contribution is -0.0517. The van der Waals surface area contributed by atoms with E-state index in [1.54, 1.807) is 0 Å². The van der Waals surface area contributed by atoms with Crippen molar-refractivity contribution < 1.29 is 26.1 Å². The summed E-state index contributed by atoms with van der Waals surface area (Å²) in [4.78, 5) is 1.36. The standard InChI is InChI=1S/C33H24NS.CHF3O3S/c1-35(22-24-15-13-23(21-34)14-16-24)30-11-6-10-28(19-30)33-31-12-5-4-9-27(31)18-29-17-25-7-2-3-8-26(25)20-32(29)33;2-1(3,4)8(5,6)7/h2-20H,22H2,1H3;(H,5,6,7)/q+1;/p-1. The quantitative estimate of drug-likeness (QED) is 0.0862. The topological polar surface area (TPSA) is 81.0 Å². The molecule has 0 saturated heterocycles. The van der Waals surface area contributed by atoms with Gasteiger partial charge in [0.15, 0.2) is 15.0 Å². The van der Waals surface area contributed by atoms with E-state index in [9.17, 15) is 13.2 Å². The maximum Gasteiger partial charge on any atom is 0.485 e. The van der Waals surface area contributed by atoms with Gasteiger partial charge in [0.25, 0.3) is 0 Å². The normalized spacial score (nSPS) is 12.5. The van der Waals surface area contributed by atoms with Gasteiger partial charge in [-0.15, -0.1) is 0 Å². The summed E-state index contributed by atoms with van der Waals surface area (Å²) in [7, 11) is -6.04. The van der Waals surface area contributed by atoms with E-state index in [1.165, 1.54) is 53.9 Å². The highest BCUT2D eigenvalue weighted by Crippen LogP contribution is 2.39. The van der Waals surface area contributed by atoms with Crippen LogP contribution in [0.3, 0.4) is 0 Å². The second-order valence-electron chi connectivity index (χ2n) is 9.91. The van der Waals surface area contributed by atoms with Crippen molar-refractivity contribution in [1.82, 2.24) is 0 Å². The number of nitrogens with zero attached hydrogens (tertiary/aromatic N) is 1. The van der Waals surface area contributed by atoms with Crippen LogP contribution in [0.5, 0.6) is 0 Å². The molecule has 6 aromatic rings. The fraction of sp³-hybridized carbons (Fsp3) is 0.0882. The summed E-state index contributed by atoms with van der Waals surface area (Å²) in [5.74, 6) is 0.968. The molecule has 43 heavy (non-hydrogen) atoms. The van der Waals surface area contributed by atoms with E-state index in [0.29, 0.717) is 5.56 Å². The van der Waals surface area contributed by atoms with Crippen molar-refractivity contribution in [3.05, 3.63) is 126 Å². The second-order valence-corrected chi connectivity index (χ2v) is 13.3. The van der Waals surface area contributed by atoms with Crippen LogP contribution in [-0.4, -0.2) is 24.7 Å². The third-order valence-electron chi connectivity index (χ3n) is 7.00. The number of rotatable bonds is 4. The van der Waals surface area contributed by atoms with Gasteiger partial charge >= 0.3 is 5.51 Å². The van der Waals surface area contributed by atoms with Crippen LogP contribution in [0.4, 0.5) is 13.2 Å². The predicted octanol–water partition coefficient (Wildman–Crippen LogP) is 8.54. The molecule has 0 heterocycles. The Kier molecular flexibility index (Phi) is 8.47. The van der Waals surface area contributed by atoms with Crippen molar-refractivity contribution in [2.45, 2.75) is 16.2 Å². The van der Waals surface area contributed by atoms with Crippen LogP contribution in [0.1, 0.15) is 11.1 Å². The SMILES string of the molecule is C[S+](Cc1ccc(C#N)cc1)c1cccc(-c2c3ccccc3cc3cc4ccccc4cc23)c1.O=S(=O)([O-])C(F)(F)F. The molecular weight excluding hydrogens is 592 g/mol. The molecule has 0 aliphatic carbocycles. The molecule has 0 aliphatic rings. The zero-order valence-electron chi connectivity index (χ0n) is 22.8. The number of fused-ring (bicyclic) bond motifs is 3. The van der Waals surface area contributed by atoms with Crippen LogP contribution in [0.25, 0.3) is 43.4 Å². The van der Waals surface area contributed by atoms with Crippen LogP contribution in [0.2, 0.25) is 0 Å². The third-order valence-corrected chi connectivity index (χ3v) is 9.40. The van der Waals surface area contributed by atoms with Crippen LogP contribution in [0.15, 0.2) is 120 Å². The van der Waals surface area contributed by atoms with Gasteiger partial charge in [-0.1, -0.05) is 72.8 Å². The molecule has 216 valence electrons. The lowest BCUT2D eigenvalue weighted by Gasteiger charge is -2.14. The molecular formula is C34H24F3NO3S2. The lowest BCUT2D eigenvalue weighted by Crippen LogP contribution is -2.21. The zero-order valence-corrected chi connectivity index (χ0v) is 24.4. The van der Waals surface area contributed by atoms with Gasteiger partial charge < -0.3 is 4.55 Å². The minimum absolute atomic E-state index is 0.0504. The van der Waals surface area contributed by atoms with Gasteiger partial charge in [-0.25, -0.2) is 8.42 Å². The van der Waals surface area contributed by atoms with Crippen molar-refractivity contribution in [2.75, 3.05) is 6.26 Å². The van der Waals surface area contributed by atoms with E-state index in [1.807, 2.05) is 12.1 Å². The highest BCUT2D eigenvalue weighted by atomic mass is 32.2. The summed E-state index contributed by atoms with van der Waals surface area (Å²) in [6, 6.07) is 43.6. The molecule has 6 rings (SSSR count). The largest absolute Gasteiger partial charge is 0.741 e. The highest BCUT2D eigenvalue weighted by Gasteiger charge is 2.37. The molecule has 0 saturated carbocycles. The van der Waals surface area contributed by atoms with Gasteiger partial charge in [-0.3, -0.25) is 0 Å². The summed E-state index contributed by atoms with van der Waals surface area (Å²) in [5, 5.41) is 16.7. The molecule has 1 atom stereocenters. The van der Waals surface area contributed by atoms with Gasteiger partial charge in [0.2, 0.25) is 0 Å². The summed E-state index contributed by atoms with van der Waals surface area (Å²) in [5.41, 5.74) is -1.10. The first kappa shape index (κ1) is 30.1. The maximum absolute atomic E-state index is 10.7. The Balaban J connectivity index is 0.000000407. The molecule has 0 fully saturated rings. The number of hydrogen-bond donors (Lipinski definition) is 0. The maximum atomic E-state index is 10.7. The molecule has 4 nitrogen and oxygen atoms in total. The van der Waals surface area contributed by atoms with E-state index >= 15 is 0 Å². The van der Waals surface area contributed by atoms with E-state index in [2.05, 4.69) is 115 Å². The van der Waals surface area contributed by atoms with Crippen molar-refractivity contribution >= 4 is 53.3 Å². The average molecular weight is 616 g/mol. The first-order valence-corrected chi connectivity index (χ1v) is 16.2. The van der Waals surface area contributed by atoms with Crippen LogP contribution in [-0.2, 0) is 26.8 Å². The second kappa shape index (κ2) is 12.1. The number of alkyl halides is 3. The first-order valence-electron chi connectivity index (χ1n) is 13.0. The molecule has 0 amide bonds. The van der Waals surface area contributed by atoms with Crippen molar-refractivity contribution in [1.29, 1.82) is 5.26 Å². The van der Waals surface area contributed by atoms with Gasteiger partial charge in [0.1, 0.15) is 12.0 Å². The fourth-order valence-corrected chi connectivity index (χ4v) is 6.44. The van der Waals surface area contributed by atoms with Crippen LogP contribution >= 0.6 is 0 Å². The Morgan fingerprint density at radius 1 is 0.744 bits per heavy atom. The summed E-state index contributed by atoms with van der Waals surface area (Å²) < 4.78 is 58.9. The minimum Gasteiger partial charge on any atom is -0.741 e. The Hall–Kier alpha value is -4.36. The molecule has 0 bridgehead atoms. The Morgan fingerprint density at radius 3 is 1.95 bits per heavy atom. The lowest BCUT2D eigenvalue weighted by atomic mass is 9.90. The predicted molar refractivity (Wildman–Crippen MR) is 167 cm³/mol. The van der Waals surface area contributed by atoms with E-state index in [4.69, 9.17) is 18.2 Å². The minimum atomic E-state index is -6.09. The smallest absolute Gasteiger partial charge is 0.485 e. The average Bonchev–Trinajstić information content (AvgIpc) is 2.98. The number of nitriles is 1. The molecule has 9 heteroatoms. The summed E-state index contributed by atoms with van der Waals surface area (Å²) in [6.07, 6.45) is 2.31. The summed E-state index contributed by atoms with van der Waals surface area (Å²) in [6.45, 7) is 0. The third kappa shape index (κ3) is 6.67. The molecule has 0 spiro atoms. The Labute approximate surface area is 250 Å². The van der Waals surface area contributed by atoms with Crippen LogP contribution < -0.4 is 0 Å². The Bertz CT molecular complexity index is 2100. The van der Waals surface area contributed by atoms with Crippen molar-refractivity contribution in [3.8, 4) is 17.2 Å². The van der Waals surface area contributed by atoms with E-state index in [-0.39, 0.29) is 10.9 Å². The highest BCUT2D eigenvalue weighted by molar-refractivity contribution is 7.95. The molecule has 0 N–H and O–H groups in total. The van der Waals surface area contributed by atoms with Gasteiger partial charge in [0, 0.05) is 22.5 Å². The van der Waals surface area contributed by atoms with E-state index in [0.717, 1.165) is 5.75 Å². The van der Waals surface area contributed by atoms with Crippen molar-refractivity contribution in [2.24, 2.45) is 0 Å². The van der Waals surface area contributed by atoms with Crippen molar-refractivity contribution in [3.63, 3.8) is 0 Å². The number of benzene rings is 6.